The fourth-order valence-corrected chi connectivity index (χ4v) is 2.74. The van der Waals surface area contributed by atoms with Crippen LogP contribution in [0.15, 0.2) is 12.3 Å². The molecule has 116 valence electrons. The number of likely N-dealkylation sites (tertiary alicyclic amines) is 1. The summed E-state index contributed by atoms with van der Waals surface area (Å²) in [6.45, 7) is 1.52. The van der Waals surface area contributed by atoms with Crippen molar-refractivity contribution in [1.29, 1.82) is 5.26 Å². The second kappa shape index (κ2) is 6.50. The van der Waals surface area contributed by atoms with Crippen LogP contribution in [-0.4, -0.2) is 41.8 Å². The molecule has 0 bridgehead atoms. The zero-order valence-electron chi connectivity index (χ0n) is 12.0. The minimum atomic E-state index is -4.11. The van der Waals surface area contributed by atoms with Gasteiger partial charge in [0.25, 0.3) is 0 Å². The maximum absolute atomic E-state index is 12.3. The van der Waals surface area contributed by atoms with Crippen molar-refractivity contribution < 1.29 is 13.2 Å². The minimum absolute atomic E-state index is 0.256. The Labute approximate surface area is 122 Å². The monoisotopic (exact) mass is 300 g/mol. The quantitative estimate of drug-likeness (QED) is 0.903. The molecular weight excluding hydrogens is 281 g/mol. The van der Waals surface area contributed by atoms with Gasteiger partial charge in [-0.2, -0.15) is 18.4 Å². The average Bonchev–Trinajstić information content (AvgIpc) is 2.94. The Morgan fingerprint density at radius 2 is 2.24 bits per heavy atom. The van der Waals surface area contributed by atoms with Gasteiger partial charge in [-0.3, -0.25) is 4.90 Å². The van der Waals surface area contributed by atoms with Crippen molar-refractivity contribution in [2.45, 2.75) is 19.1 Å². The van der Waals surface area contributed by atoms with Gasteiger partial charge in [-0.1, -0.05) is 0 Å². The number of alkyl halides is 3. The summed E-state index contributed by atoms with van der Waals surface area (Å²) < 4.78 is 38.6. The molecular formula is C14H19F3N4. The van der Waals surface area contributed by atoms with E-state index in [9.17, 15) is 13.2 Å². The number of hydrogen-bond donors (Lipinski definition) is 1. The number of nitriles is 1. The first-order chi connectivity index (χ1) is 9.87. The van der Waals surface area contributed by atoms with Crippen molar-refractivity contribution in [3.8, 4) is 6.07 Å². The second-order valence-electron chi connectivity index (χ2n) is 5.59. The fraction of sp³-hybridized carbons (Fsp3) is 0.643. The number of nitrogens with zero attached hydrogens (tertiary/aromatic N) is 3. The molecule has 1 aromatic rings. The lowest BCUT2D eigenvalue weighted by atomic mass is 10.1. The van der Waals surface area contributed by atoms with Gasteiger partial charge in [0, 0.05) is 26.3 Å². The molecule has 1 atom stereocenters. The molecule has 21 heavy (non-hydrogen) atoms. The Bertz CT molecular complexity index is 515. The maximum Gasteiger partial charge on any atom is 0.401 e. The Morgan fingerprint density at radius 3 is 2.86 bits per heavy atom. The number of halogens is 3. The molecule has 0 spiro atoms. The van der Waals surface area contributed by atoms with Crippen LogP contribution in [0.2, 0.25) is 0 Å². The van der Waals surface area contributed by atoms with Crippen LogP contribution in [0.3, 0.4) is 0 Å². The highest BCUT2D eigenvalue weighted by Crippen LogP contribution is 2.22. The van der Waals surface area contributed by atoms with Crippen molar-refractivity contribution in [3.63, 3.8) is 0 Å². The molecule has 4 nitrogen and oxygen atoms in total. The third kappa shape index (κ3) is 4.76. The van der Waals surface area contributed by atoms with E-state index >= 15 is 0 Å². The van der Waals surface area contributed by atoms with Gasteiger partial charge in [0.1, 0.15) is 11.8 Å². The molecule has 1 N–H and O–H groups in total. The Morgan fingerprint density at radius 1 is 1.48 bits per heavy atom. The standard InChI is InChI=1S/C14H19F3N4/c1-20-8-12(4-13(20)5-18)7-19-6-11-2-3-21(9-11)10-14(15,16)17/h4,8,11,19H,2-3,6-7,9-10H2,1H3. The predicted octanol–water partition coefficient (Wildman–Crippen LogP) is 1.87. The molecule has 0 amide bonds. The van der Waals surface area contributed by atoms with Crippen LogP contribution in [0.5, 0.6) is 0 Å². The van der Waals surface area contributed by atoms with E-state index in [4.69, 9.17) is 5.26 Å². The molecule has 1 fully saturated rings. The average molecular weight is 300 g/mol. The second-order valence-corrected chi connectivity index (χ2v) is 5.59. The highest BCUT2D eigenvalue weighted by Gasteiger charge is 2.34. The van der Waals surface area contributed by atoms with E-state index in [1.807, 2.05) is 19.3 Å². The summed E-state index contributed by atoms with van der Waals surface area (Å²) in [6.07, 6.45) is -1.43. The normalized spacial score (nSPS) is 19.9. The number of nitrogens with one attached hydrogen (secondary N) is 1. The lowest BCUT2D eigenvalue weighted by Gasteiger charge is -2.17. The van der Waals surface area contributed by atoms with E-state index < -0.39 is 12.7 Å². The van der Waals surface area contributed by atoms with Gasteiger partial charge in [-0.15, -0.1) is 0 Å². The van der Waals surface area contributed by atoms with Crippen molar-refractivity contribution >= 4 is 0 Å². The predicted molar refractivity (Wildman–Crippen MR) is 72.4 cm³/mol. The van der Waals surface area contributed by atoms with Crippen LogP contribution in [0.1, 0.15) is 17.7 Å². The van der Waals surface area contributed by atoms with Crippen molar-refractivity contribution in [2.75, 3.05) is 26.2 Å². The van der Waals surface area contributed by atoms with E-state index in [0.29, 0.717) is 31.9 Å². The van der Waals surface area contributed by atoms with Crippen LogP contribution >= 0.6 is 0 Å². The molecule has 7 heteroatoms. The van der Waals surface area contributed by atoms with Gasteiger partial charge in [0.2, 0.25) is 0 Å². The lowest BCUT2D eigenvalue weighted by molar-refractivity contribution is -0.143. The molecule has 2 rings (SSSR count). The Hall–Kier alpha value is -1.52. The number of hydrogen-bond acceptors (Lipinski definition) is 3. The highest BCUT2D eigenvalue weighted by atomic mass is 19.4. The number of aromatic nitrogens is 1. The molecule has 0 aromatic carbocycles. The molecule has 0 saturated carbocycles. The number of rotatable bonds is 5. The van der Waals surface area contributed by atoms with E-state index in [1.165, 1.54) is 4.90 Å². The van der Waals surface area contributed by atoms with Gasteiger partial charge in [-0.05, 0) is 37.1 Å². The molecule has 1 aromatic heterocycles. The minimum Gasteiger partial charge on any atom is -0.342 e. The van der Waals surface area contributed by atoms with Crippen LogP contribution in [-0.2, 0) is 13.6 Å². The van der Waals surface area contributed by atoms with Crippen LogP contribution in [0.25, 0.3) is 0 Å². The third-order valence-corrected chi connectivity index (χ3v) is 3.71. The third-order valence-electron chi connectivity index (χ3n) is 3.71. The van der Waals surface area contributed by atoms with E-state index in [-0.39, 0.29) is 5.92 Å². The molecule has 1 unspecified atom stereocenters. The zero-order chi connectivity index (χ0) is 15.5. The van der Waals surface area contributed by atoms with Gasteiger partial charge in [0.05, 0.1) is 6.54 Å². The maximum atomic E-state index is 12.3. The fourth-order valence-electron chi connectivity index (χ4n) is 2.74. The summed E-state index contributed by atoms with van der Waals surface area (Å²) in [6, 6.07) is 3.91. The molecule has 0 radical (unpaired) electrons. The topological polar surface area (TPSA) is 44.0 Å². The molecule has 1 aliphatic rings. The summed E-state index contributed by atoms with van der Waals surface area (Å²) in [7, 11) is 1.81. The van der Waals surface area contributed by atoms with Gasteiger partial charge >= 0.3 is 6.18 Å². The SMILES string of the molecule is Cn1cc(CNCC2CCN(CC(F)(F)F)C2)cc1C#N. The first-order valence-electron chi connectivity index (χ1n) is 6.92. The summed E-state index contributed by atoms with van der Waals surface area (Å²) in [5.41, 5.74) is 1.61. The first kappa shape index (κ1) is 15.9. The number of aryl methyl sites for hydroxylation is 1. The smallest absolute Gasteiger partial charge is 0.342 e. The Balaban J connectivity index is 1.71. The zero-order valence-corrected chi connectivity index (χ0v) is 12.0. The molecule has 0 aliphatic carbocycles. The van der Waals surface area contributed by atoms with Crippen LogP contribution in [0.4, 0.5) is 13.2 Å². The first-order valence-corrected chi connectivity index (χ1v) is 6.92. The molecule has 1 aliphatic heterocycles. The van der Waals surface area contributed by atoms with Gasteiger partial charge in [0.15, 0.2) is 0 Å². The van der Waals surface area contributed by atoms with Crippen LogP contribution in [0, 0.1) is 17.2 Å². The summed E-state index contributed by atoms with van der Waals surface area (Å²) in [4.78, 5) is 1.46. The highest BCUT2D eigenvalue weighted by molar-refractivity contribution is 5.28. The van der Waals surface area contributed by atoms with Crippen molar-refractivity contribution in [3.05, 3.63) is 23.5 Å². The molecule has 2 heterocycles. The van der Waals surface area contributed by atoms with E-state index in [2.05, 4.69) is 11.4 Å². The Kier molecular flexibility index (Phi) is 4.91. The van der Waals surface area contributed by atoms with Crippen molar-refractivity contribution in [2.24, 2.45) is 13.0 Å². The van der Waals surface area contributed by atoms with E-state index in [0.717, 1.165) is 12.0 Å². The summed E-state index contributed by atoms with van der Waals surface area (Å²) >= 11 is 0. The lowest BCUT2D eigenvalue weighted by Crippen LogP contribution is -2.33. The van der Waals surface area contributed by atoms with Gasteiger partial charge < -0.3 is 9.88 Å². The van der Waals surface area contributed by atoms with Crippen molar-refractivity contribution in [1.82, 2.24) is 14.8 Å². The molecule has 1 saturated heterocycles. The van der Waals surface area contributed by atoms with E-state index in [1.54, 1.807) is 4.57 Å². The van der Waals surface area contributed by atoms with Gasteiger partial charge in [-0.25, -0.2) is 0 Å². The summed E-state index contributed by atoms with van der Waals surface area (Å²) in [5, 5.41) is 12.1. The van der Waals surface area contributed by atoms with Crippen LogP contribution < -0.4 is 5.32 Å². The summed E-state index contributed by atoms with van der Waals surface area (Å²) in [5.74, 6) is 0.256. The largest absolute Gasteiger partial charge is 0.401 e.